The van der Waals surface area contributed by atoms with Crippen molar-refractivity contribution in [2.45, 2.75) is 65.9 Å². The van der Waals surface area contributed by atoms with E-state index in [0.717, 1.165) is 45.3 Å². The third kappa shape index (κ3) is 13.8. The van der Waals surface area contributed by atoms with Crippen LogP contribution in [0.15, 0.2) is 0 Å². The van der Waals surface area contributed by atoms with E-state index in [4.69, 9.17) is 9.84 Å². The Balaban J connectivity index is 0. The Kier molecular flexibility index (Phi) is 18.0. The molecule has 2 atom stereocenters. The number of hydrogen-bond donors (Lipinski definition) is 2. The lowest BCUT2D eigenvalue weighted by molar-refractivity contribution is 0.0584. The van der Waals surface area contributed by atoms with Crippen molar-refractivity contribution in [1.29, 1.82) is 0 Å². The quantitative estimate of drug-likeness (QED) is 0.617. The summed E-state index contributed by atoms with van der Waals surface area (Å²) in [5.74, 6) is 0.0833. The van der Waals surface area contributed by atoms with Crippen molar-refractivity contribution < 1.29 is 14.9 Å². The molecular weight excluding hydrogens is 216 g/mol. The highest BCUT2D eigenvalue weighted by molar-refractivity contribution is 4.65. The Labute approximate surface area is 107 Å². The van der Waals surface area contributed by atoms with E-state index >= 15 is 0 Å². The van der Waals surface area contributed by atoms with Crippen LogP contribution in [0.3, 0.4) is 0 Å². The summed E-state index contributed by atoms with van der Waals surface area (Å²) in [5.41, 5.74) is 0. The van der Waals surface area contributed by atoms with Crippen molar-refractivity contribution in [1.82, 2.24) is 0 Å². The fourth-order valence-corrected chi connectivity index (χ4v) is 1.45. The first-order chi connectivity index (χ1) is 8.17. The predicted molar refractivity (Wildman–Crippen MR) is 73.2 cm³/mol. The number of hydrogen-bond acceptors (Lipinski definition) is 3. The molecule has 0 rings (SSSR count). The first kappa shape index (κ1) is 19.2. The van der Waals surface area contributed by atoms with Crippen molar-refractivity contribution >= 4 is 0 Å². The molecular formula is C14H32O3. The second-order valence-electron chi connectivity index (χ2n) is 4.32. The molecule has 106 valence electrons. The average Bonchev–Trinajstić information content (AvgIpc) is 2.32. The molecule has 0 aromatic rings. The van der Waals surface area contributed by atoms with Crippen molar-refractivity contribution in [2.24, 2.45) is 5.92 Å². The number of aliphatic hydroxyl groups excluding tert-OH is 2. The maximum atomic E-state index is 9.35. The first-order valence-corrected chi connectivity index (χ1v) is 7.04. The molecule has 17 heavy (non-hydrogen) atoms. The number of rotatable bonds is 9. The molecule has 0 aliphatic carbocycles. The molecule has 0 bridgehead atoms. The third-order valence-corrected chi connectivity index (χ3v) is 2.58. The summed E-state index contributed by atoms with van der Waals surface area (Å²) < 4.78 is 5.13. The summed E-state index contributed by atoms with van der Waals surface area (Å²) in [4.78, 5) is 0. The van der Waals surface area contributed by atoms with Gasteiger partial charge >= 0.3 is 0 Å². The summed E-state index contributed by atoms with van der Waals surface area (Å²) in [6.45, 7) is 10.2. The average molecular weight is 248 g/mol. The lowest BCUT2D eigenvalue weighted by Crippen LogP contribution is -2.22. The highest BCUT2D eigenvalue weighted by Gasteiger charge is 2.14. The van der Waals surface area contributed by atoms with Gasteiger partial charge in [-0.1, -0.05) is 34.1 Å². The number of aliphatic hydroxyl groups is 2. The van der Waals surface area contributed by atoms with Gasteiger partial charge in [0.25, 0.3) is 0 Å². The predicted octanol–water partition coefficient (Wildman–Crippen LogP) is 2.99. The molecule has 0 aromatic heterocycles. The smallest absolute Gasteiger partial charge is 0.0590 e. The van der Waals surface area contributed by atoms with Gasteiger partial charge in [0.05, 0.1) is 6.10 Å². The zero-order valence-electron chi connectivity index (χ0n) is 12.1. The molecule has 0 saturated carbocycles. The molecule has 0 radical (unpaired) electrons. The van der Waals surface area contributed by atoms with Gasteiger partial charge in [0.1, 0.15) is 0 Å². The van der Waals surface area contributed by atoms with Gasteiger partial charge in [-0.25, -0.2) is 0 Å². The Morgan fingerprint density at radius 2 is 1.47 bits per heavy atom. The standard InChI is InChI=1S/C8H18O2.C6H14O/c1-3-5-8(10)7(4-2)6-9;1-3-5-7-6-4-2/h7-10H,3-6H2,1-2H3;3-6H2,1-2H3. The molecule has 0 aliphatic heterocycles. The maximum absolute atomic E-state index is 9.35. The van der Waals surface area contributed by atoms with Gasteiger partial charge in [-0.15, -0.1) is 0 Å². The van der Waals surface area contributed by atoms with Crippen molar-refractivity contribution in [3.63, 3.8) is 0 Å². The van der Waals surface area contributed by atoms with E-state index in [1.165, 1.54) is 0 Å². The van der Waals surface area contributed by atoms with Crippen LogP contribution in [0.25, 0.3) is 0 Å². The summed E-state index contributed by atoms with van der Waals surface area (Å²) in [7, 11) is 0. The fraction of sp³-hybridized carbons (Fsp3) is 1.00. The highest BCUT2D eigenvalue weighted by Crippen LogP contribution is 2.11. The molecule has 0 saturated heterocycles. The van der Waals surface area contributed by atoms with Gasteiger partial charge in [-0.3, -0.25) is 0 Å². The summed E-state index contributed by atoms with van der Waals surface area (Å²) >= 11 is 0. The van der Waals surface area contributed by atoms with Crippen LogP contribution < -0.4 is 0 Å². The molecule has 3 heteroatoms. The summed E-state index contributed by atoms with van der Waals surface area (Å²) in [5, 5.41) is 18.1. The van der Waals surface area contributed by atoms with Crippen LogP contribution in [0.5, 0.6) is 0 Å². The third-order valence-electron chi connectivity index (χ3n) is 2.58. The second kappa shape index (κ2) is 15.9. The Hall–Kier alpha value is -0.120. The normalized spacial score (nSPS) is 13.8. The van der Waals surface area contributed by atoms with E-state index in [2.05, 4.69) is 13.8 Å². The largest absolute Gasteiger partial charge is 0.396 e. The van der Waals surface area contributed by atoms with Crippen LogP contribution >= 0.6 is 0 Å². The lowest BCUT2D eigenvalue weighted by Gasteiger charge is -2.17. The molecule has 0 fully saturated rings. The molecule has 2 unspecified atom stereocenters. The minimum absolute atomic E-state index is 0.0833. The van der Waals surface area contributed by atoms with Crippen LogP contribution in [0.4, 0.5) is 0 Å². The highest BCUT2D eigenvalue weighted by atomic mass is 16.5. The van der Waals surface area contributed by atoms with Crippen LogP contribution in [0, 0.1) is 5.92 Å². The van der Waals surface area contributed by atoms with Crippen molar-refractivity contribution in [3.05, 3.63) is 0 Å². The Bertz CT molecular complexity index is 121. The van der Waals surface area contributed by atoms with E-state index in [1.54, 1.807) is 0 Å². The molecule has 0 aliphatic rings. The Morgan fingerprint density at radius 1 is 0.941 bits per heavy atom. The maximum Gasteiger partial charge on any atom is 0.0590 e. The van der Waals surface area contributed by atoms with Gasteiger partial charge in [-0.2, -0.15) is 0 Å². The molecule has 0 heterocycles. The van der Waals surface area contributed by atoms with Crippen LogP contribution in [-0.4, -0.2) is 36.1 Å². The summed E-state index contributed by atoms with van der Waals surface area (Å²) in [6, 6.07) is 0. The van der Waals surface area contributed by atoms with E-state index < -0.39 is 0 Å². The zero-order chi connectivity index (χ0) is 13.5. The van der Waals surface area contributed by atoms with E-state index in [9.17, 15) is 5.11 Å². The van der Waals surface area contributed by atoms with Gasteiger partial charge in [0.2, 0.25) is 0 Å². The fourth-order valence-electron chi connectivity index (χ4n) is 1.45. The van der Waals surface area contributed by atoms with Gasteiger partial charge < -0.3 is 14.9 Å². The zero-order valence-corrected chi connectivity index (χ0v) is 12.1. The second-order valence-corrected chi connectivity index (χ2v) is 4.32. The van der Waals surface area contributed by atoms with Gasteiger partial charge in [0, 0.05) is 25.7 Å². The Morgan fingerprint density at radius 3 is 1.76 bits per heavy atom. The molecule has 0 amide bonds. The molecule has 2 N–H and O–H groups in total. The molecule has 3 nitrogen and oxygen atoms in total. The lowest BCUT2D eigenvalue weighted by atomic mass is 9.97. The van der Waals surface area contributed by atoms with Gasteiger partial charge in [0.15, 0.2) is 0 Å². The van der Waals surface area contributed by atoms with Crippen molar-refractivity contribution in [2.75, 3.05) is 19.8 Å². The SMILES string of the molecule is CCCC(O)C(CC)CO.CCCOCCC. The van der Waals surface area contributed by atoms with Crippen molar-refractivity contribution in [3.8, 4) is 0 Å². The minimum atomic E-state index is -0.306. The summed E-state index contributed by atoms with van der Waals surface area (Å²) in [6.07, 6.45) is 4.62. The monoisotopic (exact) mass is 248 g/mol. The van der Waals surface area contributed by atoms with E-state index in [0.29, 0.717) is 0 Å². The molecule has 0 spiro atoms. The minimum Gasteiger partial charge on any atom is -0.396 e. The van der Waals surface area contributed by atoms with Gasteiger partial charge in [-0.05, 0) is 25.7 Å². The van der Waals surface area contributed by atoms with Crippen LogP contribution in [0.1, 0.15) is 59.8 Å². The van der Waals surface area contributed by atoms with E-state index in [1.807, 2.05) is 13.8 Å². The van der Waals surface area contributed by atoms with Crippen LogP contribution in [0.2, 0.25) is 0 Å². The molecule has 0 aromatic carbocycles. The van der Waals surface area contributed by atoms with E-state index in [-0.39, 0.29) is 18.6 Å². The first-order valence-electron chi connectivity index (χ1n) is 7.04. The topological polar surface area (TPSA) is 49.7 Å². The van der Waals surface area contributed by atoms with Crippen LogP contribution in [-0.2, 0) is 4.74 Å². The number of ether oxygens (including phenoxy) is 1.